The third-order valence-electron chi connectivity index (χ3n) is 2.27. The molecule has 16 heavy (non-hydrogen) atoms. The number of anilines is 1. The van der Waals surface area contributed by atoms with Gasteiger partial charge in [0.15, 0.2) is 0 Å². The predicted molar refractivity (Wildman–Crippen MR) is 61.1 cm³/mol. The topological polar surface area (TPSA) is 79.2 Å². The van der Waals surface area contributed by atoms with Gasteiger partial charge in [0, 0.05) is 25.9 Å². The first-order valence-corrected chi connectivity index (χ1v) is 5.32. The number of aliphatic hydroxyl groups excluding tert-OH is 1. The Morgan fingerprint density at radius 2 is 2.44 bits per heavy atom. The Morgan fingerprint density at radius 1 is 1.69 bits per heavy atom. The van der Waals surface area contributed by atoms with E-state index in [9.17, 15) is 4.79 Å². The Bertz CT molecular complexity index is 337. The van der Waals surface area contributed by atoms with Crippen LogP contribution in [0.25, 0.3) is 0 Å². The molecule has 3 N–H and O–H groups in total. The van der Waals surface area contributed by atoms with E-state index in [-0.39, 0.29) is 18.7 Å². The average Bonchev–Trinajstić information content (AvgIpc) is 2.63. The number of aryl methyl sites for hydroxylation is 1. The molecule has 0 aliphatic heterocycles. The van der Waals surface area contributed by atoms with Gasteiger partial charge in [0.2, 0.25) is 0 Å². The van der Waals surface area contributed by atoms with Gasteiger partial charge in [-0.15, -0.1) is 0 Å². The summed E-state index contributed by atoms with van der Waals surface area (Å²) in [7, 11) is 1.78. The zero-order chi connectivity index (χ0) is 12.0. The van der Waals surface area contributed by atoms with Gasteiger partial charge in [0.25, 0.3) is 0 Å². The molecule has 0 bridgehead atoms. The number of hydrogen-bond donors (Lipinski definition) is 3. The molecule has 0 saturated heterocycles. The average molecular weight is 226 g/mol. The van der Waals surface area contributed by atoms with Crippen molar-refractivity contribution in [3.63, 3.8) is 0 Å². The Labute approximate surface area is 94.6 Å². The maximum Gasteiger partial charge on any atom is 0.319 e. The van der Waals surface area contributed by atoms with E-state index in [4.69, 9.17) is 5.11 Å². The van der Waals surface area contributed by atoms with Gasteiger partial charge in [-0.1, -0.05) is 6.92 Å². The molecule has 2 amide bonds. The van der Waals surface area contributed by atoms with Crippen molar-refractivity contribution in [1.29, 1.82) is 0 Å². The summed E-state index contributed by atoms with van der Waals surface area (Å²) in [6.45, 7) is 2.04. The number of hydrogen-bond acceptors (Lipinski definition) is 3. The van der Waals surface area contributed by atoms with Crippen LogP contribution in [0, 0.1) is 0 Å². The molecule has 0 radical (unpaired) electrons. The lowest BCUT2D eigenvalue weighted by Crippen LogP contribution is -2.38. The van der Waals surface area contributed by atoms with E-state index in [0.717, 1.165) is 6.42 Å². The SMILES string of the molecule is CCC(CCO)NC(=O)Nc1cnn(C)c1. The van der Waals surface area contributed by atoms with Crippen molar-refractivity contribution in [2.24, 2.45) is 7.05 Å². The summed E-state index contributed by atoms with van der Waals surface area (Å²) < 4.78 is 1.61. The summed E-state index contributed by atoms with van der Waals surface area (Å²) in [4.78, 5) is 11.5. The lowest BCUT2D eigenvalue weighted by atomic mass is 10.2. The van der Waals surface area contributed by atoms with E-state index in [2.05, 4.69) is 15.7 Å². The highest BCUT2D eigenvalue weighted by molar-refractivity contribution is 5.89. The number of carbonyl (C=O) groups is 1. The molecule has 0 aromatic carbocycles. The Kier molecular flexibility index (Phi) is 4.78. The van der Waals surface area contributed by atoms with Crippen molar-refractivity contribution in [3.05, 3.63) is 12.4 Å². The quantitative estimate of drug-likeness (QED) is 0.691. The molecular weight excluding hydrogens is 208 g/mol. The summed E-state index contributed by atoms with van der Waals surface area (Å²) >= 11 is 0. The monoisotopic (exact) mass is 226 g/mol. The van der Waals surface area contributed by atoms with Crippen LogP contribution in [0.4, 0.5) is 10.5 Å². The molecule has 1 aromatic heterocycles. The number of nitrogens with zero attached hydrogens (tertiary/aromatic N) is 2. The van der Waals surface area contributed by atoms with Crippen LogP contribution >= 0.6 is 0 Å². The minimum atomic E-state index is -0.270. The Hall–Kier alpha value is -1.56. The van der Waals surface area contributed by atoms with Crippen LogP contribution in [0.3, 0.4) is 0 Å². The molecule has 0 aliphatic carbocycles. The molecule has 1 unspecified atom stereocenters. The molecule has 1 heterocycles. The van der Waals surface area contributed by atoms with Gasteiger partial charge in [0.1, 0.15) is 0 Å². The molecular formula is C10H18N4O2. The molecule has 90 valence electrons. The largest absolute Gasteiger partial charge is 0.396 e. The highest BCUT2D eigenvalue weighted by Gasteiger charge is 2.10. The lowest BCUT2D eigenvalue weighted by Gasteiger charge is -2.15. The summed E-state index contributed by atoms with van der Waals surface area (Å²) in [5.41, 5.74) is 0.652. The molecule has 1 atom stereocenters. The highest BCUT2D eigenvalue weighted by atomic mass is 16.3. The normalized spacial score (nSPS) is 12.2. The molecule has 0 aliphatic rings. The van der Waals surface area contributed by atoms with Crippen molar-refractivity contribution in [2.45, 2.75) is 25.8 Å². The van der Waals surface area contributed by atoms with Crippen LogP contribution in [0.5, 0.6) is 0 Å². The van der Waals surface area contributed by atoms with Crippen molar-refractivity contribution in [2.75, 3.05) is 11.9 Å². The van der Waals surface area contributed by atoms with Crippen LogP contribution in [-0.2, 0) is 7.05 Å². The van der Waals surface area contributed by atoms with E-state index in [0.29, 0.717) is 12.1 Å². The van der Waals surface area contributed by atoms with Gasteiger partial charge < -0.3 is 15.7 Å². The minimum Gasteiger partial charge on any atom is -0.396 e. The first-order chi connectivity index (χ1) is 7.65. The number of amides is 2. The lowest BCUT2D eigenvalue weighted by molar-refractivity contribution is 0.237. The van der Waals surface area contributed by atoms with Gasteiger partial charge in [-0.2, -0.15) is 5.10 Å². The predicted octanol–water partition coefficient (Wildman–Crippen LogP) is 0.703. The molecule has 0 spiro atoms. The van der Waals surface area contributed by atoms with Crippen molar-refractivity contribution >= 4 is 11.7 Å². The minimum absolute atomic E-state index is 0.00155. The van der Waals surface area contributed by atoms with Crippen LogP contribution in [0.2, 0.25) is 0 Å². The van der Waals surface area contributed by atoms with E-state index >= 15 is 0 Å². The van der Waals surface area contributed by atoms with Crippen LogP contribution in [0.15, 0.2) is 12.4 Å². The van der Waals surface area contributed by atoms with Gasteiger partial charge in [-0.05, 0) is 12.8 Å². The number of aromatic nitrogens is 2. The Balaban J connectivity index is 2.40. The van der Waals surface area contributed by atoms with E-state index in [1.54, 1.807) is 24.1 Å². The third kappa shape index (κ3) is 3.90. The molecule has 0 saturated carbocycles. The molecule has 6 heteroatoms. The fourth-order valence-corrected chi connectivity index (χ4v) is 1.37. The van der Waals surface area contributed by atoms with Crippen molar-refractivity contribution < 1.29 is 9.90 Å². The number of aliphatic hydroxyl groups is 1. The first-order valence-electron chi connectivity index (χ1n) is 5.32. The van der Waals surface area contributed by atoms with E-state index < -0.39 is 0 Å². The zero-order valence-electron chi connectivity index (χ0n) is 9.60. The van der Waals surface area contributed by atoms with E-state index in [1.807, 2.05) is 6.92 Å². The fraction of sp³-hybridized carbons (Fsp3) is 0.600. The van der Waals surface area contributed by atoms with Gasteiger partial charge in [-0.3, -0.25) is 4.68 Å². The van der Waals surface area contributed by atoms with Gasteiger partial charge in [0.05, 0.1) is 11.9 Å². The van der Waals surface area contributed by atoms with E-state index in [1.165, 1.54) is 0 Å². The highest BCUT2D eigenvalue weighted by Crippen LogP contribution is 2.03. The van der Waals surface area contributed by atoms with Crippen molar-refractivity contribution in [1.82, 2.24) is 15.1 Å². The van der Waals surface area contributed by atoms with Crippen LogP contribution in [0.1, 0.15) is 19.8 Å². The van der Waals surface area contributed by atoms with Crippen LogP contribution < -0.4 is 10.6 Å². The second-order valence-electron chi connectivity index (χ2n) is 3.62. The fourth-order valence-electron chi connectivity index (χ4n) is 1.37. The summed E-state index contributed by atoms with van der Waals surface area (Å²) in [6.07, 6.45) is 4.65. The van der Waals surface area contributed by atoms with Gasteiger partial charge in [-0.25, -0.2) is 4.79 Å². The number of rotatable bonds is 5. The second-order valence-corrected chi connectivity index (χ2v) is 3.62. The second kappa shape index (κ2) is 6.12. The molecule has 6 nitrogen and oxygen atoms in total. The molecule has 0 fully saturated rings. The summed E-state index contributed by atoms with van der Waals surface area (Å²) in [5.74, 6) is 0. The van der Waals surface area contributed by atoms with Gasteiger partial charge >= 0.3 is 6.03 Å². The number of nitrogens with one attached hydrogen (secondary N) is 2. The maximum absolute atomic E-state index is 11.5. The van der Waals surface area contributed by atoms with Crippen LogP contribution in [-0.4, -0.2) is 33.6 Å². The maximum atomic E-state index is 11.5. The molecule has 1 aromatic rings. The smallest absolute Gasteiger partial charge is 0.319 e. The molecule has 1 rings (SSSR count). The summed E-state index contributed by atoms with van der Waals surface area (Å²) in [6, 6.07) is -0.269. The number of carbonyl (C=O) groups excluding carboxylic acids is 1. The Morgan fingerprint density at radius 3 is 2.94 bits per heavy atom. The number of urea groups is 1. The first kappa shape index (κ1) is 12.5. The zero-order valence-corrected chi connectivity index (χ0v) is 9.60. The standard InChI is InChI=1S/C10H18N4O2/c1-3-8(4-5-15)12-10(16)13-9-6-11-14(2)7-9/h6-8,15H,3-5H2,1-2H3,(H2,12,13,16). The third-order valence-corrected chi connectivity index (χ3v) is 2.27. The van der Waals surface area contributed by atoms with Crippen molar-refractivity contribution in [3.8, 4) is 0 Å². The summed E-state index contributed by atoms with van der Waals surface area (Å²) in [5, 5.41) is 18.2.